The fraction of sp³-hybridized carbons (Fsp3) is 0.400. The van der Waals surface area contributed by atoms with E-state index in [0.29, 0.717) is 21.7 Å². The molecule has 0 aliphatic heterocycles. The second-order valence-corrected chi connectivity index (χ2v) is 5.18. The van der Waals surface area contributed by atoms with Gasteiger partial charge in [0.2, 0.25) is 0 Å². The maximum absolute atomic E-state index is 11.7. The minimum Gasteiger partial charge on any atom is -0.490 e. The van der Waals surface area contributed by atoms with Crippen molar-refractivity contribution in [3.8, 4) is 5.75 Å². The molecule has 1 fully saturated rings. The van der Waals surface area contributed by atoms with Crippen LogP contribution < -0.4 is 21.7 Å². The fourth-order valence-corrected chi connectivity index (χ4v) is 2.79. The van der Waals surface area contributed by atoms with Crippen LogP contribution in [0.5, 0.6) is 5.75 Å². The second kappa shape index (κ2) is 5.13. The highest BCUT2D eigenvalue weighted by Crippen LogP contribution is 2.40. The first kappa shape index (κ1) is 12.9. The maximum Gasteiger partial charge on any atom is 0.344 e. The van der Waals surface area contributed by atoms with E-state index in [1.807, 2.05) is 0 Å². The van der Waals surface area contributed by atoms with Crippen LogP contribution in [-0.4, -0.2) is 31.8 Å². The van der Waals surface area contributed by atoms with E-state index in [1.165, 1.54) is 25.2 Å². The Morgan fingerprint density at radius 2 is 2.35 bits per heavy atom. The first-order valence-corrected chi connectivity index (χ1v) is 6.76. The van der Waals surface area contributed by atoms with E-state index in [2.05, 4.69) is 25.6 Å². The number of hydrogen-bond acceptors (Lipinski definition) is 8. The monoisotopic (exact) mass is 295 g/mol. The average molecular weight is 295 g/mol. The van der Waals surface area contributed by atoms with Crippen molar-refractivity contribution in [2.75, 3.05) is 12.5 Å². The summed E-state index contributed by atoms with van der Waals surface area (Å²) < 4.78 is 6.89. The molecule has 1 aliphatic rings. The van der Waals surface area contributed by atoms with Crippen molar-refractivity contribution in [3.63, 3.8) is 0 Å². The third kappa shape index (κ3) is 2.23. The Morgan fingerprint density at radius 3 is 3.00 bits per heavy atom. The van der Waals surface area contributed by atoms with Crippen LogP contribution in [0.15, 0.2) is 21.3 Å². The molecule has 0 bridgehead atoms. The Balaban J connectivity index is 1.97. The predicted molar refractivity (Wildman–Crippen MR) is 71.6 cm³/mol. The van der Waals surface area contributed by atoms with Crippen LogP contribution in [-0.2, 0) is 0 Å². The molecule has 2 heterocycles. The van der Waals surface area contributed by atoms with Gasteiger partial charge in [0.1, 0.15) is 6.33 Å². The van der Waals surface area contributed by atoms with Crippen molar-refractivity contribution in [1.29, 1.82) is 0 Å². The number of methoxy groups -OCH3 is 1. The molecule has 3 rings (SSSR count). The highest BCUT2D eigenvalue weighted by Gasteiger charge is 2.29. The van der Waals surface area contributed by atoms with Gasteiger partial charge in [0, 0.05) is 6.04 Å². The van der Waals surface area contributed by atoms with Gasteiger partial charge in [0.05, 0.1) is 7.11 Å². The van der Waals surface area contributed by atoms with E-state index in [-0.39, 0.29) is 11.7 Å². The van der Waals surface area contributed by atoms with Crippen LogP contribution >= 0.6 is 11.8 Å². The molecule has 20 heavy (non-hydrogen) atoms. The number of rotatable bonds is 5. The number of hydrazine groups is 1. The Hall–Kier alpha value is -2.07. The summed E-state index contributed by atoms with van der Waals surface area (Å²) in [4.78, 5) is 19.8. The van der Waals surface area contributed by atoms with E-state index in [1.54, 1.807) is 4.57 Å². The summed E-state index contributed by atoms with van der Waals surface area (Å²) in [5, 5.41) is 7.57. The normalized spacial score (nSPS) is 14.3. The van der Waals surface area contributed by atoms with Crippen LogP contribution in [0, 0.1) is 0 Å². The zero-order chi connectivity index (χ0) is 14.1. The van der Waals surface area contributed by atoms with Crippen LogP contribution in [0.3, 0.4) is 0 Å². The standard InChI is InChI=1S/C10H13N7O2S/c1-19-6-7(14-11)12-4-13-8(6)20-10-16-15-9(18)17(10)5-2-3-5/h4-5H,2-3,11H2,1H3,(H,15,18)(H,12,13,14). The quantitative estimate of drug-likeness (QED) is 0.404. The maximum atomic E-state index is 11.7. The first-order chi connectivity index (χ1) is 9.74. The summed E-state index contributed by atoms with van der Waals surface area (Å²) in [6, 6.07) is 0.226. The molecule has 1 aliphatic carbocycles. The Bertz CT molecular complexity index is 678. The van der Waals surface area contributed by atoms with Gasteiger partial charge < -0.3 is 10.2 Å². The van der Waals surface area contributed by atoms with Gasteiger partial charge in [-0.15, -0.1) is 5.10 Å². The average Bonchev–Trinajstić information content (AvgIpc) is 3.23. The number of hydrogen-bond donors (Lipinski definition) is 3. The van der Waals surface area contributed by atoms with E-state index in [9.17, 15) is 4.79 Å². The molecule has 2 aromatic rings. The third-order valence-electron chi connectivity index (χ3n) is 2.88. The molecule has 9 nitrogen and oxygen atoms in total. The SMILES string of the molecule is COc1c(NN)ncnc1Sc1n[nH]c(=O)n1C1CC1. The van der Waals surface area contributed by atoms with E-state index < -0.39 is 0 Å². The Morgan fingerprint density at radius 1 is 1.55 bits per heavy atom. The summed E-state index contributed by atoms with van der Waals surface area (Å²) >= 11 is 1.23. The van der Waals surface area contributed by atoms with Crippen LogP contribution in [0.25, 0.3) is 0 Å². The zero-order valence-electron chi connectivity index (χ0n) is 10.7. The number of aromatic nitrogens is 5. The molecule has 0 spiro atoms. The highest BCUT2D eigenvalue weighted by atomic mass is 32.2. The van der Waals surface area contributed by atoms with Gasteiger partial charge >= 0.3 is 5.69 Å². The minimum absolute atomic E-state index is 0.208. The predicted octanol–water partition coefficient (Wildman–Crippen LogP) is 0.142. The third-order valence-corrected chi connectivity index (χ3v) is 3.84. The van der Waals surface area contributed by atoms with Gasteiger partial charge in [-0.05, 0) is 24.6 Å². The largest absolute Gasteiger partial charge is 0.490 e. The number of H-pyrrole nitrogens is 1. The number of nitrogens with two attached hydrogens (primary N) is 1. The van der Waals surface area contributed by atoms with Gasteiger partial charge in [-0.2, -0.15) is 0 Å². The van der Waals surface area contributed by atoms with Crippen molar-refractivity contribution in [1.82, 2.24) is 24.7 Å². The molecule has 4 N–H and O–H groups in total. The molecule has 0 atom stereocenters. The van der Waals surface area contributed by atoms with E-state index in [0.717, 1.165) is 12.8 Å². The van der Waals surface area contributed by atoms with Crippen molar-refractivity contribution < 1.29 is 4.74 Å². The smallest absolute Gasteiger partial charge is 0.344 e. The lowest BCUT2D eigenvalue weighted by molar-refractivity contribution is 0.400. The molecule has 10 heteroatoms. The first-order valence-electron chi connectivity index (χ1n) is 5.95. The molecular formula is C10H13N7O2S. The lowest BCUT2D eigenvalue weighted by Crippen LogP contribution is -2.16. The lowest BCUT2D eigenvalue weighted by atomic mass is 10.5. The second-order valence-electron chi connectivity index (χ2n) is 4.22. The molecule has 1 saturated carbocycles. The molecule has 0 radical (unpaired) electrons. The van der Waals surface area contributed by atoms with Crippen LogP contribution in [0.4, 0.5) is 5.82 Å². The van der Waals surface area contributed by atoms with E-state index in [4.69, 9.17) is 10.6 Å². The Labute approximate surface area is 117 Å². The van der Waals surface area contributed by atoms with Gasteiger partial charge in [-0.3, -0.25) is 4.57 Å². The number of nitrogen functional groups attached to an aromatic ring is 1. The van der Waals surface area contributed by atoms with Gasteiger partial charge in [0.25, 0.3) is 0 Å². The van der Waals surface area contributed by atoms with Gasteiger partial charge in [-0.25, -0.2) is 25.7 Å². The zero-order valence-corrected chi connectivity index (χ0v) is 11.5. The molecule has 0 unspecified atom stereocenters. The summed E-state index contributed by atoms with van der Waals surface area (Å²) in [7, 11) is 1.50. The van der Waals surface area contributed by atoms with Gasteiger partial charge in [0.15, 0.2) is 21.7 Å². The molecular weight excluding hydrogens is 282 g/mol. The lowest BCUT2D eigenvalue weighted by Gasteiger charge is -2.10. The van der Waals surface area contributed by atoms with Crippen molar-refractivity contribution in [2.45, 2.75) is 29.1 Å². The topological polar surface area (TPSA) is 124 Å². The summed E-state index contributed by atoms with van der Waals surface area (Å²) in [6.45, 7) is 0. The summed E-state index contributed by atoms with van der Waals surface area (Å²) in [5.74, 6) is 6.16. The number of nitrogens with one attached hydrogen (secondary N) is 2. The number of nitrogens with zero attached hydrogens (tertiary/aromatic N) is 4. The molecule has 0 saturated heterocycles. The minimum atomic E-state index is -0.208. The number of aromatic amines is 1. The molecule has 106 valence electrons. The molecule has 2 aromatic heterocycles. The van der Waals surface area contributed by atoms with E-state index >= 15 is 0 Å². The van der Waals surface area contributed by atoms with Gasteiger partial charge in [-0.1, -0.05) is 0 Å². The molecule has 0 amide bonds. The number of anilines is 1. The fourth-order valence-electron chi connectivity index (χ4n) is 1.82. The summed E-state index contributed by atoms with van der Waals surface area (Å²) in [6.07, 6.45) is 3.35. The Kier molecular flexibility index (Phi) is 3.32. The molecule has 0 aromatic carbocycles. The number of ether oxygens (including phenoxy) is 1. The van der Waals surface area contributed by atoms with Crippen LogP contribution in [0.1, 0.15) is 18.9 Å². The van der Waals surface area contributed by atoms with Crippen molar-refractivity contribution >= 4 is 17.6 Å². The highest BCUT2D eigenvalue weighted by molar-refractivity contribution is 7.99. The van der Waals surface area contributed by atoms with Crippen LogP contribution in [0.2, 0.25) is 0 Å². The van der Waals surface area contributed by atoms with Crippen molar-refractivity contribution in [2.24, 2.45) is 5.84 Å². The summed E-state index contributed by atoms with van der Waals surface area (Å²) in [5.41, 5.74) is 2.23. The van der Waals surface area contributed by atoms with Crippen molar-refractivity contribution in [3.05, 3.63) is 16.8 Å².